The summed E-state index contributed by atoms with van der Waals surface area (Å²) in [7, 11) is 0. The first-order chi connectivity index (χ1) is 3.50. The van der Waals surface area contributed by atoms with Crippen LogP contribution in [0, 0.1) is 9.93 Å². The van der Waals surface area contributed by atoms with Gasteiger partial charge in [0.25, 0.3) is 0 Å². The fourth-order valence-electron chi connectivity index (χ4n) is 0. The molecule has 1 aliphatic heterocycles. The van der Waals surface area contributed by atoms with Crippen molar-refractivity contribution in [2.24, 2.45) is 0 Å². The topological polar surface area (TPSA) is 46.7 Å². The monoisotopic (exact) mass is 211 g/mol. The average Bonchev–Trinajstić information content (AvgIpc) is 2.58. The van der Waals surface area contributed by atoms with E-state index in [-0.39, 0.29) is 22.4 Å². The van der Waals surface area contributed by atoms with Crippen molar-refractivity contribution >= 4 is 0 Å². The van der Waals surface area contributed by atoms with E-state index in [0.29, 0.717) is 0 Å². The molecule has 1 saturated heterocycles. The quantitative estimate of drug-likeness (QED) is 0.340. The van der Waals surface area contributed by atoms with Gasteiger partial charge < -0.3 is 4.74 Å². The van der Waals surface area contributed by atoms with Gasteiger partial charge in [-0.3, -0.25) is 0 Å². The summed E-state index contributed by atoms with van der Waals surface area (Å²) in [6.45, 7) is 8.00. The van der Waals surface area contributed by atoms with E-state index in [2.05, 4.69) is 17.9 Å². The Morgan fingerprint density at radius 3 is 1.25 bits per heavy atom. The molecule has 0 bridgehead atoms. The molecule has 1 radical (unpaired) electrons. The molecule has 1 aliphatic rings. The van der Waals surface area contributed by atoms with Crippen LogP contribution in [0.4, 0.5) is 0 Å². The standard InChI is InChI=1S/C2H4O.C2H4.Ag.O2/c1-2-3-1;1-2;;1-2/h1-2H2;1-2H2;;. The molecule has 0 aromatic heterocycles. The van der Waals surface area contributed by atoms with E-state index in [1.54, 1.807) is 0 Å². The van der Waals surface area contributed by atoms with Gasteiger partial charge in [-0.25, -0.2) is 0 Å². The number of hydrogen-bond donors (Lipinski definition) is 0. The normalized spacial score (nSPS) is 10.0. The Kier molecular flexibility index (Phi) is 54.5. The Labute approximate surface area is 63.8 Å². The molecule has 0 amide bonds. The maximum Gasteiger partial charge on any atom is 0.0701 e. The van der Waals surface area contributed by atoms with E-state index < -0.39 is 0 Å². The van der Waals surface area contributed by atoms with Crippen LogP contribution in [-0.4, -0.2) is 13.2 Å². The van der Waals surface area contributed by atoms with Gasteiger partial charge in [0, 0.05) is 32.3 Å². The maximum absolute atomic E-state index is 7.00. The van der Waals surface area contributed by atoms with E-state index in [0.717, 1.165) is 13.2 Å². The first-order valence-electron chi connectivity index (χ1n) is 1.74. The van der Waals surface area contributed by atoms with Crippen LogP contribution in [0.5, 0.6) is 0 Å². The Morgan fingerprint density at radius 2 is 1.25 bits per heavy atom. The van der Waals surface area contributed by atoms with Crippen molar-refractivity contribution in [1.82, 2.24) is 0 Å². The van der Waals surface area contributed by atoms with Crippen LogP contribution in [0.15, 0.2) is 13.2 Å². The fourth-order valence-corrected chi connectivity index (χ4v) is 0. The molecule has 0 aromatic carbocycles. The summed E-state index contributed by atoms with van der Waals surface area (Å²) in [6, 6.07) is 0. The van der Waals surface area contributed by atoms with Crippen LogP contribution in [-0.2, 0) is 27.1 Å². The van der Waals surface area contributed by atoms with Crippen molar-refractivity contribution in [3.8, 4) is 0 Å². The summed E-state index contributed by atoms with van der Waals surface area (Å²) in [5, 5.41) is 0. The van der Waals surface area contributed by atoms with Crippen LogP contribution < -0.4 is 0 Å². The van der Waals surface area contributed by atoms with Gasteiger partial charge in [-0.05, 0) is 0 Å². The second-order valence-corrected chi connectivity index (χ2v) is 0.612. The predicted molar refractivity (Wildman–Crippen MR) is 28.8 cm³/mol. The molecule has 3 nitrogen and oxygen atoms in total. The van der Waals surface area contributed by atoms with E-state index >= 15 is 0 Å². The Bertz CT molecular complexity index is 27.7. The Morgan fingerprint density at radius 1 is 1.12 bits per heavy atom. The minimum atomic E-state index is 0. The fraction of sp³-hybridized carbons (Fsp3) is 0.500. The van der Waals surface area contributed by atoms with E-state index in [4.69, 9.17) is 9.93 Å². The average molecular weight is 212 g/mol. The molecule has 0 spiro atoms. The van der Waals surface area contributed by atoms with Crippen LogP contribution in [0.25, 0.3) is 0 Å². The summed E-state index contributed by atoms with van der Waals surface area (Å²) in [5.74, 6) is 0. The minimum Gasteiger partial charge on any atom is -0.377 e. The zero-order valence-corrected chi connectivity index (χ0v) is 5.84. The van der Waals surface area contributed by atoms with Gasteiger partial charge in [0.15, 0.2) is 0 Å². The number of hydrogen-bond acceptors (Lipinski definition) is 3. The minimum absolute atomic E-state index is 0. The SMILES string of the molecule is C1CO1.C=C.O=O.[Ag]. The second kappa shape index (κ2) is 27.8. The third-order valence-corrected chi connectivity index (χ3v) is 0.204. The van der Waals surface area contributed by atoms with Gasteiger partial charge in [-0.15, -0.1) is 13.2 Å². The van der Waals surface area contributed by atoms with E-state index in [1.807, 2.05) is 0 Å². The third-order valence-electron chi connectivity index (χ3n) is 0.204. The largest absolute Gasteiger partial charge is 0.377 e. The first kappa shape index (κ1) is 15.7. The van der Waals surface area contributed by atoms with Crippen molar-refractivity contribution in [2.75, 3.05) is 13.2 Å². The molecule has 4 heteroatoms. The van der Waals surface area contributed by atoms with Gasteiger partial charge >= 0.3 is 0 Å². The number of ether oxygens (including phenoxy) is 1. The predicted octanol–water partition coefficient (Wildman–Crippen LogP) is 0.883. The molecule has 1 fully saturated rings. The molecule has 0 N–H and O–H groups in total. The number of rotatable bonds is 0. The molecular formula is C4H8AgO3. The van der Waals surface area contributed by atoms with Crippen molar-refractivity contribution in [3.05, 3.63) is 23.1 Å². The van der Waals surface area contributed by atoms with Crippen molar-refractivity contribution in [1.29, 1.82) is 0 Å². The van der Waals surface area contributed by atoms with Gasteiger partial charge in [-0.1, -0.05) is 0 Å². The van der Waals surface area contributed by atoms with Crippen molar-refractivity contribution < 1.29 is 27.1 Å². The molecule has 1 heterocycles. The van der Waals surface area contributed by atoms with Crippen LogP contribution in [0.1, 0.15) is 0 Å². The number of epoxide rings is 1. The van der Waals surface area contributed by atoms with Gasteiger partial charge in [-0.2, -0.15) is 0 Å². The van der Waals surface area contributed by atoms with Crippen molar-refractivity contribution in [2.45, 2.75) is 0 Å². The van der Waals surface area contributed by atoms with Gasteiger partial charge in [0.1, 0.15) is 0 Å². The molecule has 0 unspecified atom stereocenters. The zero-order chi connectivity index (χ0) is 6.12. The molecule has 0 saturated carbocycles. The zero-order valence-electron chi connectivity index (χ0n) is 4.35. The van der Waals surface area contributed by atoms with Gasteiger partial charge in [0.2, 0.25) is 0 Å². The molecule has 0 atom stereocenters. The molecule has 0 aliphatic carbocycles. The summed E-state index contributed by atoms with van der Waals surface area (Å²) < 4.78 is 4.50. The molecular weight excluding hydrogens is 204 g/mol. The van der Waals surface area contributed by atoms with Gasteiger partial charge in [0.05, 0.1) is 13.2 Å². The van der Waals surface area contributed by atoms with E-state index in [1.165, 1.54) is 0 Å². The first-order valence-corrected chi connectivity index (χ1v) is 1.74. The maximum atomic E-state index is 7.00. The molecule has 8 heavy (non-hydrogen) atoms. The summed E-state index contributed by atoms with van der Waals surface area (Å²) >= 11 is 0. The Hall–Kier alpha value is 0.0403. The molecule has 53 valence electrons. The summed E-state index contributed by atoms with van der Waals surface area (Å²) in [5.41, 5.74) is 0. The van der Waals surface area contributed by atoms with Crippen LogP contribution >= 0.6 is 0 Å². The Balaban J connectivity index is -0.0000000467. The smallest absolute Gasteiger partial charge is 0.0701 e. The second-order valence-electron chi connectivity index (χ2n) is 0.612. The summed E-state index contributed by atoms with van der Waals surface area (Å²) in [6.07, 6.45) is 0. The van der Waals surface area contributed by atoms with Crippen LogP contribution in [0.2, 0.25) is 0 Å². The van der Waals surface area contributed by atoms with Crippen molar-refractivity contribution in [3.63, 3.8) is 0 Å². The van der Waals surface area contributed by atoms with E-state index in [9.17, 15) is 0 Å². The third kappa shape index (κ3) is 142. The molecule has 1 rings (SSSR count). The molecule has 0 aromatic rings. The summed E-state index contributed by atoms with van der Waals surface area (Å²) in [4.78, 5) is 14.0. The van der Waals surface area contributed by atoms with Crippen LogP contribution in [0.3, 0.4) is 0 Å².